The summed E-state index contributed by atoms with van der Waals surface area (Å²) >= 11 is 0. The summed E-state index contributed by atoms with van der Waals surface area (Å²) in [5, 5.41) is 14.9. The van der Waals surface area contributed by atoms with E-state index in [4.69, 9.17) is 0 Å². The van der Waals surface area contributed by atoms with Gasteiger partial charge in [0.05, 0.1) is 10.1 Å². The zero-order valence-corrected chi connectivity index (χ0v) is 11.8. The molecule has 22 heavy (non-hydrogen) atoms. The molecule has 3 aromatic rings. The Morgan fingerprint density at radius 3 is 2.45 bits per heavy atom. The first-order valence-electron chi connectivity index (χ1n) is 6.70. The number of para-hydroxylation sites is 3. The number of nitrogens with zero attached hydrogens (tertiary/aromatic N) is 2. The summed E-state index contributed by atoms with van der Waals surface area (Å²) in [6, 6.07) is 15.1. The second-order valence-corrected chi connectivity index (χ2v) is 4.83. The normalized spacial score (nSPS) is 10.6. The number of benzene rings is 2. The van der Waals surface area contributed by atoms with Gasteiger partial charge in [-0.3, -0.25) is 4.79 Å². The number of rotatable bonds is 2. The van der Waals surface area contributed by atoms with Gasteiger partial charge in [0.1, 0.15) is 5.52 Å². The first-order valence-corrected chi connectivity index (χ1v) is 6.70. The zero-order chi connectivity index (χ0) is 15.7. The molecule has 0 fully saturated rings. The van der Waals surface area contributed by atoms with Gasteiger partial charge < -0.3 is 15.3 Å². The molecule has 0 aliphatic carbocycles. The Bertz CT molecular complexity index is 917. The summed E-state index contributed by atoms with van der Waals surface area (Å²) in [6.07, 6.45) is 0. The van der Waals surface area contributed by atoms with Gasteiger partial charge in [0, 0.05) is 16.7 Å². The maximum atomic E-state index is 12.4. The summed E-state index contributed by atoms with van der Waals surface area (Å²) in [5.41, 5.74) is 0.782. The summed E-state index contributed by atoms with van der Waals surface area (Å²) in [5.74, 6) is -0.617. The highest BCUT2D eigenvalue weighted by atomic mass is 16.5. The van der Waals surface area contributed by atoms with Gasteiger partial charge in [0.15, 0.2) is 0 Å². The second kappa shape index (κ2) is 5.33. The van der Waals surface area contributed by atoms with Crippen LogP contribution in [0, 0.1) is 17.0 Å². The highest BCUT2D eigenvalue weighted by Gasteiger charge is 2.26. The lowest BCUT2D eigenvalue weighted by molar-refractivity contribution is -0.468. The molecule has 1 aromatic heterocycles. The van der Waals surface area contributed by atoms with Crippen LogP contribution in [0.2, 0.25) is 0 Å². The second-order valence-electron chi connectivity index (χ2n) is 4.83. The summed E-state index contributed by atoms with van der Waals surface area (Å²) < 4.78 is 1.10. The van der Waals surface area contributed by atoms with Crippen molar-refractivity contribution in [3.05, 3.63) is 76.1 Å². The number of anilines is 1. The van der Waals surface area contributed by atoms with Gasteiger partial charge in [-0.05, 0) is 25.1 Å². The van der Waals surface area contributed by atoms with Crippen molar-refractivity contribution < 1.29 is 9.22 Å². The van der Waals surface area contributed by atoms with Crippen LogP contribution < -0.4 is 9.74 Å². The topological polar surface area (TPSA) is 80.1 Å². The third-order valence-corrected chi connectivity index (χ3v) is 3.42. The lowest BCUT2D eigenvalue weighted by atomic mass is 10.2. The summed E-state index contributed by atoms with van der Waals surface area (Å²) in [4.78, 5) is 24.8. The minimum Gasteiger partial charge on any atom is -0.805 e. The predicted molar refractivity (Wildman–Crippen MR) is 83.2 cm³/mol. The van der Waals surface area contributed by atoms with Gasteiger partial charge >= 0.3 is 11.6 Å². The van der Waals surface area contributed by atoms with E-state index in [1.54, 1.807) is 42.5 Å². The van der Waals surface area contributed by atoms with E-state index in [0.717, 1.165) is 0 Å². The first kappa shape index (κ1) is 13.8. The highest BCUT2D eigenvalue weighted by molar-refractivity contribution is 6.03. The summed E-state index contributed by atoms with van der Waals surface area (Å²) in [6.45, 7) is 1.45. The van der Waals surface area contributed by atoms with Crippen molar-refractivity contribution in [2.45, 2.75) is 6.92 Å². The molecule has 0 atom stereocenters. The average molecular weight is 295 g/mol. The van der Waals surface area contributed by atoms with Crippen LogP contribution in [0.1, 0.15) is 16.2 Å². The third-order valence-electron chi connectivity index (χ3n) is 3.42. The molecule has 0 unspecified atom stereocenters. The standard InChI is InChI=1S/C16H13N3O3/c1-11-15(16(20)17-12-7-3-2-4-8-12)19(22)14-10-6-5-9-13(14)18(11)21/h2-10H,1H3,(H,17,20). The Labute approximate surface area is 125 Å². The number of hydrogen-bond acceptors (Lipinski definition) is 3. The van der Waals surface area contributed by atoms with Crippen molar-refractivity contribution >= 4 is 22.6 Å². The Morgan fingerprint density at radius 2 is 1.73 bits per heavy atom. The maximum absolute atomic E-state index is 12.4. The molecular weight excluding hydrogens is 282 g/mol. The highest BCUT2D eigenvalue weighted by Crippen LogP contribution is 2.15. The molecule has 3 rings (SSSR count). The van der Waals surface area contributed by atoms with E-state index >= 15 is 0 Å². The molecule has 110 valence electrons. The Hall–Kier alpha value is -3.15. The molecule has 0 aliphatic heterocycles. The Morgan fingerprint density at radius 1 is 1.09 bits per heavy atom. The lowest BCUT2D eigenvalue weighted by Crippen LogP contribution is -2.33. The largest absolute Gasteiger partial charge is 0.805 e. The fraction of sp³-hybridized carbons (Fsp3) is 0.0625. The average Bonchev–Trinajstić information content (AvgIpc) is 2.54. The van der Waals surface area contributed by atoms with Gasteiger partial charge in [-0.2, -0.15) is 0 Å². The van der Waals surface area contributed by atoms with Crippen LogP contribution in [0.3, 0.4) is 0 Å². The number of fused-ring (bicyclic) bond motifs is 1. The molecule has 6 heteroatoms. The van der Waals surface area contributed by atoms with E-state index in [2.05, 4.69) is 5.32 Å². The van der Waals surface area contributed by atoms with Crippen LogP contribution in [0.5, 0.6) is 0 Å². The van der Waals surface area contributed by atoms with Crippen molar-refractivity contribution in [2.24, 2.45) is 0 Å². The molecule has 0 aliphatic rings. The molecule has 1 heterocycles. The van der Waals surface area contributed by atoms with Crippen molar-refractivity contribution in [3.8, 4) is 0 Å². The van der Waals surface area contributed by atoms with Crippen molar-refractivity contribution in [3.63, 3.8) is 0 Å². The number of carbonyl (C=O) groups excluding carboxylic acids is 1. The number of nitrogens with one attached hydrogen (secondary N) is 1. The third kappa shape index (κ3) is 2.20. The van der Waals surface area contributed by atoms with Crippen molar-refractivity contribution in [2.75, 3.05) is 5.32 Å². The number of aromatic nitrogens is 2. The lowest BCUT2D eigenvalue weighted by Gasteiger charge is -2.16. The minimum atomic E-state index is -0.617. The number of amides is 1. The fourth-order valence-electron chi connectivity index (χ4n) is 2.32. The van der Waals surface area contributed by atoms with E-state index in [1.807, 2.05) is 6.07 Å². The molecule has 2 aromatic carbocycles. The number of hydrogen-bond donors (Lipinski definition) is 1. The fourth-order valence-corrected chi connectivity index (χ4v) is 2.32. The van der Waals surface area contributed by atoms with E-state index in [1.165, 1.54) is 13.0 Å². The summed E-state index contributed by atoms with van der Waals surface area (Å²) in [7, 11) is 0. The van der Waals surface area contributed by atoms with E-state index in [9.17, 15) is 14.9 Å². The molecule has 0 bridgehead atoms. The van der Waals surface area contributed by atoms with Crippen molar-refractivity contribution in [1.29, 1.82) is 0 Å². The van der Waals surface area contributed by atoms with Crippen LogP contribution >= 0.6 is 0 Å². The monoisotopic (exact) mass is 295 g/mol. The molecular formula is C16H13N3O3. The molecule has 0 saturated carbocycles. The molecule has 1 N–H and O–H groups in total. The SMILES string of the molecule is Cc1c(C(=O)Nc2ccccc2)[n+](=O)c2ccccc2n1[O-]. The van der Waals surface area contributed by atoms with Gasteiger partial charge in [0.2, 0.25) is 0 Å². The quantitative estimate of drug-likeness (QED) is 0.737. The van der Waals surface area contributed by atoms with Crippen LogP contribution in [-0.4, -0.2) is 10.6 Å². The van der Waals surface area contributed by atoms with Gasteiger partial charge in [-0.25, -0.2) is 0 Å². The molecule has 0 spiro atoms. The van der Waals surface area contributed by atoms with Crippen molar-refractivity contribution in [1.82, 2.24) is 4.73 Å². The maximum Gasteiger partial charge on any atom is 0.346 e. The van der Waals surface area contributed by atoms with Crippen LogP contribution in [0.15, 0.2) is 54.6 Å². The number of carbonyl (C=O) groups is 1. The van der Waals surface area contributed by atoms with Crippen LogP contribution in [-0.2, 0) is 0 Å². The zero-order valence-electron chi connectivity index (χ0n) is 11.8. The minimum absolute atomic E-state index is 0.0575. The van der Waals surface area contributed by atoms with E-state index in [-0.39, 0.29) is 22.4 Å². The molecule has 6 nitrogen and oxygen atoms in total. The van der Waals surface area contributed by atoms with Gasteiger partial charge in [-0.15, -0.1) is 0 Å². The predicted octanol–water partition coefficient (Wildman–Crippen LogP) is 2.46. The van der Waals surface area contributed by atoms with Gasteiger partial charge in [-0.1, -0.05) is 30.3 Å². The molecule has 0 radical (unpaired) electrons. The first-order chi connectivity index (χ1) is 10.6. The molecule has 0 saturated heterocycles. The van der Waals surface area contributed by atoms with E-state index in [0.29, 0.717) is 14.8 Å². The van der Waals surface area contributed by atoms with Gasteiger partial charge in [0.25, 0.3) is 5.52 Å². The Balaban J connectivity index is 2.15. The van der Waals surface area contributed by atoms with Crippen LogP contribution in [0.25, 0.3) is 11.0 Å². The Kier molecular flexibility index (Phi) is 3.34. The van der Waals surface area contributed by atoms with Crippen LogP contribution in [0.4, 0.5) is 5.69 Å². The smallest absolute Gasteiger partial charge is 0.346 e. The van der Waals surface area contributed by atoms with E-state index < -0.39 is 5.91 Å². The molecule has 1 amide bonds.